The molecule has 0 aliphatic carbocycles. The van der Waals surface area contributed by atoms with Gasteiger partial charge in [-0.1, -0.05) is 18.3 Å². The molecule has 0 spiro atoms. The minimum atomic E-state index is 0.374. The lowest BCUT2D eigenvalue weighted by atomic mass is 10.1. The summed E-state index contributed by atoms with van der Waals surface area (Å²) in [6.45, 7) is 3.11. The van der Waals surface area contributed by atoms with Crippen LogP contribution in [0.25, 0.3) is 0 Å². The van der Waals surface area contributed by atoms with Crippen LogP contribution in [-0.2, 0) is 6.54 Å². The molecule has 0 fully saturated rings. The van der Waals surface area contributed by atoms with Gasteiger partial charge in [0.05, 0.1) is 12.7 Å². The molecule has 1 rings (SSSR count). The molecular weight excluding hydrogens is 276 g/mol. The summed E-state index contributed by atoms with van der Waals surface area (Å²) in [5.41, 5.74) is 7.73. The zero-order chi connectivity index (χ0) is 14.4. The molecule has 0 amide bonds. The number of rotatable bonds is 7. The molecule has 1 aromatic rings. The number of thioether (sulfide) groups is 1. The summed E-state index contributed by atoms with van der Waals surface area (Å²) in [5, 5.41) is 0. The first kappa shape index (κ1) is 16.3. The molecule has 1 atom stereocenters. The molecular formula is C14H22N2OS2. The highest BCUT2D eigenvalue weighted by atomic mass is 32.2. The van der Waals surface area contributed by atoms with Crippen molar-refractivity contribution < 1.29 is 4.74 Å². The lowest BCUT2D eigenvalue weighted by Gasteiger charge is -2.24. The molecule has 1 unspecified atom stereocenters. The van der Waals surface area contributed by atoms with E-state index in [0.717, 1.165) is 23.6 Å². The van der Waals surface area contributed by atoms with Gasteiger partial charge in [0.2, 0.25) is 0 Å². The third kappa shape index (κ3) is 4.67. The highest BCUT2D eigenvalue weighted by molar-refractivity contribution is 7.98. The van der Waals surface area contributed by atoms with Gasteiger partial charge in [0.1, 0.15) is 10.7 Å². The maximum atomic E-state index is 5.73. The first-order chi connectivity index (χ1) is 8.99. The van der Waals surface area contributed by atoms with Gasteiger partial charge in [-0.2, -0.15) is 11.8 Å². The Bertz CT molecular complexity index is 437. The molecule has 0 aromatic heterocycles. The number of hydrogen-bond donors (Lipinski definition) is 1. The van der Waals surface area contributed by atoms with Crippen molar-refractivity contribution in [1.29, 1.82) is 0 Å². The molecule has 0 radical (unpaired) electrons. The van der Waals surface area contributed by atoms with Gasteiger partial charge in [-0.25, -0.2) is 0 Å². The standard InChI is InChI=1S/C14H22N2OS2/c1-10(9-19-4)16(2)8-11-5-6-13(17-3)12(7-11)14(15)18/h5-7,10H,8-9H2,1-4H3,(H2,15,18). The third-order valence-corrected chi connectivity index (χ3v) is 4.16. The van der Waals surface area contributed by atoms with Gasteiger partial charge in [0.15, 0.2) is 0 Å². The molecule has 2 N–H and O–H groups in total. The van der Waals surface area contributed by atoms with E-state index in [1.165, 1.54) is 5.56 Å². The normalized spacial score (nSPS) is 12.5. The molecule has 19 heavy (non-hydrogen) atoms. The second-order valence-electron chi connectivity index (χ2n) is 4.62. The summed E-state index contributed by atoms with van der Waals surface area (Å²) >= 11 is 6.92. The van der Waals surface area contributed by atoms with Gasteiger partial charge in [-0.3, -0.25) is 4.90 Å². The zero-order valence-corrected chi connectivity index (χ0v) is 13.6. The summed E-state index contributed by atoms with van der Waals surface area (Å²) in [6, 6.07) is 6.54. The minimum Gasteiger partial charge on any atom is -0.496 e. The van der Waals surface area contributed by atoms with Crippen molar-refractivity contribution in [2.45, 2.75) is 19.5 Å². The number of methoxy groups -OCH3 is 1. The van der Waals surface area contributed by atoms with Crippen LogP contribution in [0.2, 0.25) is 0 Å². The van der Waals surface area contributed by atoms with Crippen molar-refractivity contribution in [3.8, 4) is 5.75 Å². The van der Waals surface area contributed by atoms with Gasteiger partial charge in [-0.15, -0.1) is 0 Å². The smallest absolute Gasteiger partial charge is 0.129 e. The second-order valence-corrected chi connectivity index (χ2v) is 5.97. The molecule has 0 saturated carbocycles. The average Bonchev–Trinajstić information content (AvgIpc) is 2.38. The monoisotopic (exact) mass is 298 g/mol. The van der Waals surface area contributed by atoms with E-state index in [-0.39, 0.29) is 0 Å². The van der Waals surface area contributed by atoms with Crippen LogP contribution in [0.3, 0.4) is 0 Å². The quantitative estimate of drug-likeness (QED) is 0.783. The van der Waals surface area contributed by atoms with Gasteiger partial charge in [0, 0.05) is 18.3 Å². The Morgan fingerprint density at radius 1 is 1.53 bits per heavy atom. The number of ether oxygens (including phenoxy) is 1. The maximum absolute atomic E-state index is 5.73. The van der Waals surface area contributed by atoms with E-state index in [2.05, 4.69) is 31.2 Å². The van der Waals surface area contributed by atoms with Crippen LogP contribution in [0.4, 0.5) is 0 Å². The van der Waals surface area contributed by atoms with E-state index >= 15 is 0 Å². The molecule has 0 heterocycles. The highest BCUT2D eigenvalue weighted by Gasteiger charge is 2.11. The summed E-state index contributed by atoms with van der Waals surface area (Å²) in [5.74, 6) is 1.85. The number of thiocarbonyl (C=S) groups is 1. The van der Waals surface area contributed by atoms with Crippen molar-refractivity contribution in [1.82, 2.24) is 4.90 Å². The second kappa shape index (κ2) is 7.72. The largest absolute Gasteiger partial charge is 0.496 e. The van der Waals surface area contributed by atoms with E-state index in [1.54, 1.807) is 7.11 Å². The minimum absolute atomic E-state index is 0.374. The number of nitrogens with zero attached hydrogens (tertiary/aromatic N) is 1. The van der Waals surface area contributed by atoms with Crippen LogP contribution in [-0.4, -0.2) is 42.1 Å². The van der Waals surface area contributed by atoms with Crippen molar-refractivity contribution in [2.24, 2.45) is 5.73 Å². The SMILES string of the molecule is COc1ccc(CN(C)C(C)CSC)cc1C(N)=S. The van der Waals surface area contributed by atoms with Crippen LogP contribution in [0.1, 0.15) is 18.1 Å². The number of nitrogens with two attached hydrogens (primary N) is 1. The van der Waals surface area contributed by atoms with Gasteiger partial charge in [0.25, 0.3) is 0 Å². The number of benzene rings is 1. The molecule has 0 aliphatic rings. The Morgan fingerprint density at radius 2 is 2.21 bits per heavy atom. The average molecular weight is 298 g/mol. The highest BCUT2D eigenvalue weighted by Crippen LogP contribution is 2.21. The van der Waals surface area contributed by atoms with Gasteiger partial charge < -0.3 is 10.5 Å². The van der Waals surface area contributed by atoms with E-state index in [0.29, 0.717) is 11.0 Å². The molecule has 3 nitrogen and oxygen atoms in total. The molecule has 5 heteroatoms. The Hall–Kier alpha value is -0.780. The zero-order valence-electron chi connectivity index (χ0n) is 12.0. The first-order valence-corrected chi connectivity index (χ1v) is 7.95. The lowest BCUT2D eigenvalue weighted by Crippen LogP contribution is -2.30. The third-order valence-electron chi connectivity index (χ3n) is 3.12. The Morgan fingerprint density at radius 3 is 2.74 bits per heavy atom. The fraction of sp³-hybridized carbons (Fsp3) is 0.500. The summed E-state index contributed by atoms with van der Waals surface area (Å²) in [6.07, 6.45) is 2.13. The molecule has 106 valence electrons. The fourth-order valence-electron chi connectivity index (χ4n) is 1.86. The molecule has 0 aliphatic heterocycles. The molecule has 1 aromatic carbocycles. The van der Waals surface area contributed by atoms with Crippen LogP contribution >= 0.6 is 24.0 Å². The van der Waals surface area contributed by atoms with Crippen molar-refractivity contribution in [3.05, 3.63) is 29.3 Å². The van der Waals surface area contributed by atoms with Crippen LogP contribution in [0, 0.1) is 0 Å². The fourth-order valence-corrected chi connectivity index (χ4v) is 2.75. The summed E-state index contributed by atoms with van der Waals surface area (Å²) < 4.78 is 5.27. The first-order valence-electron chi connectivity index (χ1n) is 6.15. The maximum Gasteiger partial charge on any atom is 0.129 e. The summed E-state index contributed by atoms with van der Waals surface area (Å²) in [7, 11) is 3.76. The number of hydrogen-bond acceptors (Lipinski definition) is 4. The van der Waals surface area contributed by atoms with Crippen molar-refractivity contribution in [2.75, 3.05) is 26.2 Å². The Balaban J connectivity index is 2.85. The van der Waals surface area contributed by atoms with Gasteiger partial charge >= 0.3 is 0 Å². The van der Waals surface area contributed by atoms with E-state index < -0.39 is 0 Å². The Labute approximate surface area is 125 Å². The molecule has 0 bridgehead atoms. The van der Waals surface area contributed by atoms with Crippen molar-refractivity contribution >= 4 is 29.0 Å². The van der Waals surface area contributed by atoms with Crippen LogP contribution < -0.4 is 10.5 Å². The van der Waals surface area contributed by atoms with E-state index in [4.69, 9.17) is 22.7 Å². The van der Waals surface area contributed by atoms with Gasteiger partial charge in [-0.05, 0) is 37.9 Å². The van der Waals surface area contributed by atoms with E-state index in [9.17, 15) is 0 Å². The van der Waals surface area contributed by atoms with E-state index in [1.807, 2.05) is 23.9 Å². The molecule has 0 saturated heterocycles. The van der Waals surface area contributed by atoms with Crippen molar-refractivity contribution in [3.63, 3.8) is 0 Å². The van der Waals surface area contributed by atoms with Crippen LogP contribution in [0.5, 0.6) is 5.75 Å². The predicted octanol–water partition coefficient (Wildman–Crippen LogP) is 2.51. The van der Waals surface area contributed by atoms with Crippen LogP contribution in [0.15, 0.2) is 18.2 Å². The predicted molar refractivity (Wildman–Crippen MR) is 88.2 cm³/mol. The lowest BCUT2D eigenvalue weighted by molar-refractivity contribution is 0.269. The Kier molecular flexibility index (Phi) is 6.62. The topological polar surface area (TPSA) is 38.5 Å². The summed E-state index contributed by atoms with van der Waals surface area (Å²) in [4.78, 5) is 2.69.